The molecule has 170 valence electrons. The maximum absolute atomic E-state index is 14.0. The fourth-order valence-corrected chi connectivity index (χ4v) is 3.88. The first-order valence-corrected chi connectivity index (χ1v) is 10.1. The fourth-order valence-electron chi connectivity index (χ4n) is 3.88. The van der Waals surface area contributed by atoms with Gasteiger partial charge in [0.1, 0.15) is 11.3 Å². The summed E-state index contributed by atoms with van der Waals surface area (Å²) in [5.74, 6) is -0.937. The molecule has 1 aromatic heterocycles. The van der Waals surface area contributed by atoms with E-state index in [1.165, 1.54) is 24.3 Å². The van der Waals surface area contributed by atoms with Crippen LogP contribution in [0.1, 0.15) is 30.2 Å². The Morgan fingerprint density at radius 2 is 1.84 bits per heavy atom. The second-order valence-corrected chi connectivity index (χ2v) is 7.93. The maximum Gasteiger partial charge on any atom is 0.450 e. The molecule has 1 aliphatic heterocycles. The zero-order valence-corrected chi connectivity index (χ0v) is 17.8. The van der Waals surface area contributed by atoms with E-state index in [0.29, 0.717) is 24.2 Å². The van der Waals surface area contributed by atoms with E-state index in [0.717, 1.165) is 0 Å². The van der Waals surface area contributed by atoms with Crippen molar-refractivity contribution in [2.45, 2.75) is 32.5 Å². The third kappa shape index (κ3) is 3.77. The number of halogens is 3. The zero-order valence-electron chi connectivity index (χ0n) is 17.8. The minimum atomic E-state index is -4.94. The highest BCUT2D eigenvalue weighted by Gasteiger charge is 2.40. The lowest BCUT2D eigenvalue weighted by Gasteiger charge is -2.19. The van der Waals surface area contributed by atoms with E-state index in [4.69, 9.17) is 13.9 Å². The van der Waals surface area contributed by atoms with Crippen LogP contribution in [0.2, 0.25) is 0 Å². The van der Waals surface area contributed by atoms with Crippen LogP contribution in [0.4, 0.5) is 13.2 Å². The topological polar surface area (TPSA) is 72.1 Å². The summed E-state index contributed by atoms with van der Waals surface area (Å²) >= 11 is 0. The van der Waals surface area contributed by atoms with Crippen molar-refractivity contribution in [2.75, 3.05) is 20.9 Å². The number of aromatic hydroxyl groups is 1. The second kappa shape index (κ2) is 8.05. The molecule has 9 heteroatoms. The Labute approximate surface area is 181 Å². The van der Waals surface area contributed by atoms with Crippen LogP contribution in [0.5, 0.6) is 17.2 Å². The summed E-state index contributed by atoms with van der Waals surface area (Å²) in [5.41, 5.74) is -1.05. The van der Waals surface area contributed by atoms with Crippen molar-refractivity contribution in [2.24, 2.45) is 0 Å². The van der Waals surface area contributed by atoms with Crippen LogP contribution in [-0.2, 0) is 19.1 Å². The summed E-state index contributed by atoms with van der Waals surface area (Å²) in [6.07, 6.45) is -3.80. The number of rotatable bonds is 5. The Hall–Kier alpha value is -3.20. The summed E-state index contributed by atoms with van der Waals surface area (Å²) in [4.78, 5) is 15.2. The smallest absolute Gasteiger partial charge is 0.450 e. The number of phenols is 1. The van der Waals surface area contributed by atoms with Crippen molar-refractivity contribution in [3.05, 3.63) is 51.4 Å². The second-order valence-electron chi connectivity index (χ2n) is 7.93. The minimum Gasteiger partial charge on any atom is -0.507 e. The van der Waals surface area contributed by atoms with Crippen LogP contribution in [0.3, 0.4) is 0 Å². The molecule has 32 heavy (non-hydrogen) atoms. The standard InChI is InChI=1S/C23H22F3NO5/c1-4-5-13-8-14-20(29)18(12-6-7-16-17(9-12)31-11-30-16)22(23(24,25)26)32-21(14)15(19(13)28)10-27(2)3/h6-9,28H,4-5,10-11H2,1-3H3. The van der Waals surface area contributed by atoms with E-state index in [-0.39, 0.29) is 46.9 Å². The van der Waals surface area contributed by atoms with E-state index in [1.807, 2.05) is 6.92 Å². The molecule has 1 N–H and O–H groups in total. The van der Waals surface area contributed by atoms with E-state index in [2.05, 4.69) is 0 Å². The molecule has 2 aromatic carbocycles. The van der Waals surface area contributed by atoms with Crippen molar-refractivity contribution in [1.29, 1.82) is 0 Å². The fraction of sp³-hybridized carbons (Fsp3) is 0.348. The minimum absolute atomic E-state index is 0.0104. The number of nitrogens with zero attached hydrogens (tertiary/aromatic N) is 1. The third-order valence-corrected chi connectivity index (χ3v) is 5.24. The van der Waals surface area contributed by atoms with Gasteiger partial charge in [-0.25, -0.2) is 0 Å². The molecule has 0 fully saturated rings. The quantitative estimate of drug-likeness (QED) is 0.596. The van der Waals surface area contributed by atoms with E-state index >= 15 is 0 Å². The first-order valence-electron chi connectivity index (χ1n) is 10.1. The van der Waals surface area contributed by atoms with E-state index in [9.17, 15) is 23.1 Å². The summed E-state index contributed by atoms with van der Waals surface area (Å²) in [5, 5.41) is 10.7. The Morgan fingerprint density at radius 1 is 1.12 bits per heavy atom. The highest BCUT2D eigenvalue weighted by Crippen LogP contribution is 2.42. The molecule has 1 aliphatic rings. The van der Waals surface area contributed by atoms with Gasteiger partial charge in [-0.1, -0.05) is 19.4 Å². The Morgan fingerprint density at radius 3 is 2.50 bits per heavy atom. The molecule has 2 heterocycles. The van der Waals surface area contributed by atoms with Crippen molar-refractivity contribution >= 4 is 11.0 Å². The number of aryl methyl sites for hydroxylation is 1. The molecule has 0 saturated heterocycles. The first kappa shape index (κ1) is 22.0. The molecule has 3 aromatic rings. The monoisotopic (exact) mass is 449 g/mol. The molecule has 4 rings (SSSR count). The van der Waals surface area contributed by atoms with Gasteiger partial charge in [-0.3, -0.25) is 4.79 Å². The number of hydrogen-bond donors (Lipinski definition) is 1. The molecular weight excluding hydrogens is 427 g/mol. The third-order valence-electron chi connectivity index (χ3n) is 5.24. The summed E-state index contributed by atoms with van der Waals surface area (Å²) < 4.78 is 58.0. The van der Waals surface area contributed by atoms with Gasteiger partial charge in [-0.05, 0) is 49.8 Å². The molecule has 0 saturated carbocycles. The highest BCUT2D eigenvalue weighted by molar-refractivity contribution is 5.88. The van der Waals surface area contributed by atoms with Gasteiger partial charge in [0.25, 0.3) is 0 Å². The van der Waals surface area contributed by atoms with Crippen LogP contribution in [0, 0.1) is 0 Å². The van der Waals surface area contributed by atoms with Gasteiger partial charge in [0.05, 0.1) is 16.5 Å². The highest BCUT2D eigenvalue weighted by atomic mass is 19.4. The lowest BCUT2D eigenvalue weighted by Crippen LogP contribution is -2.18. The van der Waals surface area contributed by atoms with Crippen molar-refractivity contribution in [3.63, 3.8) is 0 Å². The molecule has 0 amide bonds. The van der Waals surface area contributed by atoms with Gasteiger partial charge in [-0.15, -0.1) is 0 Å². The van der Waals surface area contributed by atoms with Gasteiger partial charge < -0.3 is 23.9 Å². The number of ether oxygens (including phenoxy) is 2. The normalized spacial score (nSPS) is 13.3. The van der Waals surface area contributed by atoms with Gasteiger partial charge in [0, 0.05) is 6.54 Å². The van der Waals surface area contributed by atoms with E-state index in [1.54, 1.807) is 19.0 Å². The average Bonchev–Trinajstić information content (AvgIpc) is 3.18. The van der Waals surface area contributed by atoms with E-state index < -0.39 is 22.9 Å². The molecule has 0 spiro atoms. The predicted molar refractivity (Wildman–Crippen MR) is 112 cm³/mol. The molecular formula is C23H22F3NO5. The average molecular weight is 449 g/mol. The molecule has 0 radical (unpaired) electrons. The molecule has 6 nitrogen and oxygen atoms in total. The summed E-state index contributed by atoms with van der Waals surface area (Å²) in [6, 6.07) is 5.59. The van der Waals surface area contributed by atoms with Crippen LogP contribution < -0.4 is 14.9 Å². The van der Waals surface area contributed by atoms with Gasteiger partial charge in [0.15, 0.2) is 11.5 Å². The molecule has 0 atom stereocenters. The predicted octanol–water partition coefficient (Wildman–Crippen LogP) is 4.93. The summed E-state index contributed by atoms with van der Waals surface area (Å²) in [7, 11) is 3.42. The Kier molecular flexibility index (Phi) is 5.54. The Balaban J connectivity index is 2.09. The molecule has 0 unspecified atom stereocenters. The largest absolute Gasteiger partial charge is 0.507 e. The number of benzene rings is 2. The van der Waals surface area contributed by atoms with Crippen LogP contribution in [-0.4, -0.2) is 30.9 Å². The van der Waals surface area contributed by atoms with Crippen LogP contribution in [0.15, 0.2) is 33.5 Å². The number of alkyl halides is 3. The number of fused-ring (bicyclic) bond motifs is 2. The Bertz CT molecular complexity index is 1250. The maximum atomic E-state index is 14.0. The van der Waals surface area contributed by atoms with Crippen LogP contribution >= 0.6 is 0 Å². The van der Waals surface area contributed by atoms with Crippen LogP contribution in [0.25, 0.3) is 22.1 Å². The van der Waals surface area contributed by atoms with Crippen molar-refractivity contribution in [3.8, 4) is 28.4 Å². The van der Waals surface area contributed by atoms with Crippen molar-refractivity contribution < 1.29 is 32.2 Å². The summed E-state index contributed by atoms with van der Waals surface area (Å²) in [6.45, 7) is 1.96. The first-order chi connectivity index (χ1) is 15.1. The number of hydrogen-bond acceptors (Lipinski definition) is 6. The number of phenolic OH excluding ortho intramolecular Hbond substituents is 1. The molecule has 0 aliphatic carbocycles. The SMILES string of the molecule is CCCc1cc2c(=O)c(-c3ccc4c(c3)OCO4)c(C(F)(F)F)oc2c(CN(C)C)c1O. The van der Waals surface area contributed by atoms with Gasteiger partial charge in [0.2, 0.25) is 18.0 Å². The van der Waals surface area contributed by atoms with Gasteiger partial charge >= 0.3 is 6.18 Å². The lowest BCUT2D eigenvalue weighted by atomic mass is 9.96. The van der Waals surface area contributed by atoms with Gasteiger partial charge in [-0.2, -0.15) is 13.2 Å². The van der Waals surface area contributed by atoms with Crippen molar-refractivity contribution in [1.82, 2.24) is 4.90 Å². The lowest BCUT2D eigenvalue weighted by molar-refractivity contribution is -0.152. The molecule has 0 bridgehead atoms. The zero-order chi connectivity index (χ0) is 23.2.